The predicted octanol–water partition coefficient (Wildman–Crippen LogP) is 5.89. The molecule has 0 saturated heterocycles. The first-order valence-corrected chi connectivity index (χ1v) is 10.4. The highest BCUT2D eigenvalue weighted by molar-refractivity contribution is 7.22. The second-order valence-electron chi connectivity index (χ2n) is 6.81. The van der Waals surface area contributed by atoms with Crippen molar-refractivity contribution in [2.24, 2.45) is 0 Å². The molecule has 0 bridgehead atoms. The molecule has 10 heteroatoms. The number of carbonyl (C=O) groups excluding carboxylic acids is 1. The van der Waals surface area contributed by atoms with E-state index in [0.29, 0.717) is 29.7 Å². The molecule has 1 amide bonds. The van der Waals surface area contributed by atoms with Crippen molar-refractivity contribution >= 4 is 56.6 Å². The van der Waals surface area contributed by atoms with Crippen LogP contribution >= 0.6 is 35.3 Å². The third-order valence-corrected chi connectivity index (χ3v) is 5.88. The summed E-state index contributed by atoms with van der Waals surface area (Å²) in [5.74, 6) is -2.50. The monoisotopic (exact) mass is 482 g/mol. The molecule has 0 spiro atoms. The van der Waals surface area contributed by atoms with E-state index in [4.69, 9.17) is 11.6 Å². The SMILES string of the molecule is Cc1cc(Cl)cc2sc(N(CCCn3ccnc3)C(=O)c3ccc(F)c(F)c3)nc12.Cl. The lowest BCUT2D eigenvalue weighted by molar-refractivity contribution is 0.0985. The van der Waals surface area contributed by atoms with Gasteiger partial charge < -0.3 is 4.57 Å². The van der Waals surface area contributed by atoms with Crippen LogP contribution in [0.25, 0.3) is 10.2 Å². The number of thiazole rings is 1. The Hall–Kier alpha value is -2.55. The second-order valence-corrected chi connectivity index (χ2v) is 8.25. The number of hydrogen-bond donors (Lipinski definition) is 0. The first-order chi connectivity index (χ1) is 14.4. The molecule has 0 saturated carbocycles. The highest BCUT2D eigenvalue weighted by Crippen LogP contribution is 2.33. The molecule has 0 atom stereocenters. The van der Waals surface area contributed by atoms with E-state index in [1.54, 1.807) is 18.6 Å². The molecular weight excluding hydrogens is 465 g/mol. The Morgan fingerprint density at radius 3 is 2.74 bits per heavy atom. The van der Waals surface area contributed by atoms with Crippen LogP contribution in [0.3, 0.4) is 0 Å². The van der Waals surface area contributed by atoms with Gasteiger partial charge in [-0.3, -0.25) is 9.69 Å². The highest BCUT2D eigenvalue weighted by Gasteiger charge is 2.23. The Bertz CT molecular complexity index is 1210. The fraction of sp³-hybridized carbons (Fsp3) is 0.190. The first kappa shape index (κ1) is 23.1. The number of imidazole rings is 1. The van der Waals surface area contributed by atoms with Crippen molar-refractivity contribution in [3.63, 3.8) is 0 Å². The molecular formula is C21H18Cl2F2N4OS. The van der Waals surface area contributed by atoms with Crippen LogP contribution in [0.1, 0.15) is 22.3 Å². The summed E-state index contributed by atoms with van der Waals surface area (Å²) in [6.45, 7) is 2.90. The van der Waals surface area contributed by atoms with Gasteiger partial charge >= 0.3 is 0 Å². The average Bonchev–Trinajstić information content (AvgIpc) is 3.36. The summed E-state index contributed by atoms with van der Waals surface area (Å²) in [7, 11) is 0. The van der Waals surface area contributed by atoms with Gasteiger partial charge in [0.05, 0.1) is 16.5 Å². The molecule has 2 aromatic carbocycles. The maximum Gasteiger partial charge on any atom is 0.260 e. The van der Waals surface area contributed by atoms with E-state index in [2.05, 4.69) is 9.97 Å². The maximum absolute atomic E-state index is 13.7. The van der Waals surface area contributed by atoms with E-state index in [0.717, 1.165) is 27.9 Å². The molecule has 0 aliphatic carbocycles. The Morgan fingerprint density at radius 1 is 1.23 bits per heavy atom. The van der Waals surface area contributed by atoms with Gasteiger partial charge in [-0.15, -0.1) is 12.4 Å². The first-order valence-electron chi connectivity index (χ1n) is 9.22. The van der Waals surface area contributed by atoms with Gasteiger partial charge in [0.25, 0.3) is 5.91 Å². The van der Waals surface area contributed by atoms with Crippen LogP contribution in [0.2, 0.25) is 5.02 Å². The van der Waals surface area contributed by atoms with E-state index in [1.165, 1.54) is 22.3 Å². The van der Waals surface area contributed by atoms with Crippen LogP contribution in [0, 0.1) is 18.6 Å². The van der Waals surface area contributed by atoms with E-state index in [1.807, 2.05) is 23.8 Å². The van der Waals surface area contributed by atoms with E-state index in [-0.39, 0.29) is 18.0 Å². The second kappa shape index (κ2) is 9.72. The lowest BCUT2D eigenvalue weighted by atomic mass is 10.2. The lowest BCUT2D eigenvalue weighted by Crippen LogP contribution is -2.32. The number of aromatic nitrogens is 3. The van der Waals surface area contributed by atoms with E-state index < -0.39 is 17.5 Å². The van der Waals surface area contributed by atoms with Crippen molar-refractivity contribution in [2.45, 2.75) is 19.9 Å². The van der Waals surface area contributed by atoms with Crippen molar-refractivity contribution in [2.75, 3.05) is 11.4 Å². The van der Waals surface area contributed by atoms with Gasteiger partial charge in [0.2, 0.25) is 0 Å². The fourth-order valence-corrected chi connectivity index (χ4v) is 4.60. The largest absolute Gasteiger partial charge is 0.337 e. The van der Waals surface area contributed by atoms with Crippen molar-refractivity contribution in [1.82, 2.24) is 14.5 Å². The average molecular weight is 483 g/mol. The van der Waals surface area contributed by atoms with E-state index >= 15 is 0 Å². The van der Waals surface area contributed by atoms with Gasteiger partial charge in [-0.2, -0.15) is 0 Å². The molecule has 0 unspecified atom stereocenters. The summed E-state index contributed by atoms with van der Waals surface area (Å²) >= 11 is 7.49. The Morgan fingerprint density at radius 2 is 2.03 bits per heavy atom. The number of carbonyl (C=O) groups is 1. The third kappa shape index (κ3) is 5.03. The van der Waals surface area contributed by atoms with E-state index in [9.17, 15) is 13.6 Å². The highest BCUT2D eigenvalue weighted by atomic mass is 35.5. The van der Waals surface area contributed by atoms with Gasteiger partial charge in [-0.1, -0.05) is 22.9 Å². The van der Waals surface area contributed by atoms with Crippen LogP contribution in [0.4, 0.5) is 13.9 Å². The number of benzene rings is 2. The molecule has 2 aromatic heterocycles. The molecule has 31 heavy (non-hydrogen) atoms. The predicted molar refractivity (Wildman–Crippen MR) is 121 cm³/mol. The minimum atomic E-state index is -1.06. The van der Waals surface area contributed by atoms with Crippen molar-refractivity contribution < 1.29 is 13.6 Å². The number of halogens is 4. The topological polar surface area (TPSA) is 51.0 Å². The zero-order valence-corrected chi connectivity index (χ0v) is 18.8. The molecule has 2 heterocycles. The summed E-state index contributed by atoms with van der Waals surface area (Å²) in [5, 5.41) is 1.07. The number of fused-ring (bicyclic) bond motifs is 1. The molecule has 4 rings (SSSR count). The van der Waals surface area contributed by atoms with Crippen LogP contribution < -0.4 is 4.90 Å². The van der Waals surface area contributed by atoms with Crippen LogP contribution in [0.15, 0.2) is 49.1 Å². The summed E-state index contributed by atoms with van der Waals surface area (Å²) in [6, 6.07) is 6.76. The van der Waals surface area contributed by atoms with Gasteiger partial charge in [-0.25, -0.2) is 18.7 Å². The zero-order valence-electron chi connectivity index (χ0n) is 16.4. The van der Waals surface area contributed by atoms with Gasteiger partial charge in [0, 0.05) is 36.1 Å². The molecule has 0 radical (unpaired) electrons. The number of hydrogen-bond acceptors (Lipinski definition) is 4. The third-order valence-electron chi connectivity index (χ3n) is 4.64. The minimum absolute atomic E-state index is 0. The van der Waals surface area contributed by atoms with Crippen molar-refractivity contribution in [3.05, 3.63) is 76.8 Å². The molecule has 0 aliphatic heterocycles. The van der Waals surface area contributed by atoms with Crippen LogP contribution in [-0.2, 0) is 6.54 Å². The maximum atomic E-state index is 13.7. The molecule has 0 N–H and O–H groups in total. The number of rotatable bonds is 6. The number of amides is 1. The molecule has 162 valence electrons. The Balaban J connectivity index is 0.00000272. The minimum Gasteiger partial charge on any atom is -0.337 e. The quantitative estimate of drug-likeness (QED) is 0.344. The number of anilines is 1. The summed E-state index contributed by atoms with van der Waals surface area (Å²) < 4.78 is 29.8. The smallest absolute Gasteiger partial charge is 0.260 e. The number of nitrogens with zero attached hydrogens (tertiary/aromatic N) is 4. The fourth-order valence-electron chi connectivity index (χ4n) is 3.16. The van der Waals surface area contributed by atoms with Crippen LogP contribution in [0.5, 0.6) is 0 Å². The summed E-state index contributed by atoms with van der Waals surface area (Å²) in [5.41, 5.74) is 1.72. The Kier molecular flexibility index (Phi) is 7.25. The molecule has 5 nitrogen and oxygen atoms in total. The normalized spacial score (nSPS) is 10.8. The zero-order chi connectivity index (χ0) is 21.3. The standard InChI is InChI=1S/C21H17ClF2N4OS.ClH/c1-13-9-15(22)11-18-19(13)26-21(30-18)28(7-2-6-27-8-5-25-12-27)20(29)14-3-4-16(23)17(24)10-14;/h3-5,8-12H,2,6-7H2,1H3;1H. The summed E-state index contributed by atoms with van der Waals surface area (Å²) in [6.07, 6.45) is 5.85. The molecule has 4 aromatic rings. The molecule has 0 aliphatic rings. The number of aryl methyl sites for hydroxylation is 2. The summed E-state index contributed by atoms with van der Waals surface area (Å²) in [4.78, 5) is 23.3. The molecule has 0 fully saturated rings. The van der Waals surface area contributed by atoms with Crippen LogP contribution in [-0.4, -0.2) is 27.0 Å². The van der Waals surface area contributed by atoms with Gasteiger partial charge in [0.1, 0.15) is 0 Å². The van der Waals surface area contributed by atoms with Crippen molar-refractivity contribution in [1.29, 1.82) is 0 Å². The van der Waals surface area contributed by atoms with Gasteiger partial charge in [-0.05, 0) is 49.2 Å². The van der Waals surface area contributed by atoms with Crippen molar-refractivity contribution in [3.8, 4) is 0 Å². The van der Waals surface area contributed by atoms with Gasteiger partial charge in [0.15, 0.2) is 16.8 Å². The Labute approximate surface area is 192 Å². The lowest BCUT2D eigenvalue weighted by Gasteiger charge is -2.20.